The first-order valence-corrected chi connectivity index (χ1v) is 6.50. The van der Waals surface area contributed by atoms with Gasteiger partial charge in [0, 0.05) is 17.6 Å². The lowest BCUT2D eigenvalue weighted by Gasteiger charge is -2.16. The van der Waals surface area contributed by atoms with Crippen LogP contribution in [0.1, 0.15) is 18.5 Å². The molecule has 0 aliphatic carbocycles. The van der Waals surface area contributed by atoms with E-state index >= 15 is 0 Å². The number of hydrogen-bond acceptors (Lipinski definition) is 2. The van der Waals surface area contributed by atoms with E-state index in [1.165, 1.54) is 10.9 Å². The Bertz CT molecular complexity index is 672. The molecule has 0 amide bonds. The van der Waals surface area contributed by atoms with Gasteiger partial charge in [0.15, 0.2) is 0 Å². The highest BCUT2D eigenvalue weighted by atomic mass is 15.0. The molecule has 3 rings (SSSR count). The molecule has 3 aromatic rings. The van der Waals surface area contributed by atoms with Crippen molar-refractivity contribution in [2.24, 2.45) is 0 Å². The minimum atomic E-state index is 0.236. The normalized spacial score (nSPS) is 12.3. The number of nitrogens with zero attached hydrogens (tertiary/aromatic N) is 1. The predicted octanol–water partition coefficient (Wildman–Crippen LogP) is 4.41. The van der Waals surface area contributed by atoms with Crippen molar-refractivity contribution in [3.05, 3.63) is 72.4 Å². The molecule has 0 fully saturated rings. The Balaban J connectivity index is 1.94. The summed E-state index contributed by atoms with van der Waals surface area (Å²) in [6, 6.07) is 21.0. The van der Waals surface area contributed by atoms with Gasteiger partial charge < -0.3 is 5.32 Å². The summed E-state index contributed by atoms with van der Waals surface area (Å²) in [6.45, 7) is 2.15. The first-order valence-electron chi connectivity index (χ1n) is 6.50. The molecule has 0 aliphatic rings. The maximum absolute atomic E-state index is 4.46. The fraction of sp³-hybridized carbons (Fsp3) is 0.118. The number of pyridine rings is 1. The highest BCUT2D eigenvalue weighted by Crippen LogP contribution is 2.24. The Morgan fingerprint density at radius 1 is 0.895 bits per heavy atom. The predicted molar refractivity (Wildman–Crippen MR) is 80.2 cm³/mol. The minimum Gasteiger partial charge on any atom is -0.363 e. The molecule has 1 atom stereocenters. The quantitative estimate of drug-likeness (QED) is 0.742. The standard InChI is InChI=1S/C17H16N2/c1-13(14-7-3-2-4-8-14)19-17-16-10-6-5-9-15(16)11-12-18-17/h2-13H,1H3,(H,18,19)/t13-/m1/s1. The van der Waals surface area contributed by atoms with Gasteiger partial charge in [-0.1, -0.05) is 54.6 Å². The van der Waals surface area contributed by atoms with E-state index in [1.54, 1.807) is 0 Å². The van der Waals surface area contributed by atoms with Crippen LogP contribution >= 0.6 is 0 Å². The van der Waals surface area contributed by atoms with E-state index in [0.717, 1.165) is 11.2 Å². The molecule has 0 saturated carbocycles. The third-order valence-electron chi connectivity index (χ3n) is 3.33. The summed E-state index contributed by atoms with van der Waals surface area (Å²) in [5.74, 6) is 0.939. The zero-order valence-corrected chi connectivity index (χ0v) is 10.9. The van der Waals surface area contributed by atoms with Crippen molar-refractivity contribution in [3.8, 4) is 0 Å². The van der Waals surface area contributed by atoms with Crippen molar-refractivity contribution in [2.45, 2.75) is 13.0 Å². The smallest absolute Gasteiger partial charge is 0.134 e. The van der Waals surface area contributed by atoms with E-state index in [9.17, 15) is 0 Å². The van der Waals surface area contributed by atoms with Crippen LogP contribution in [0.5, 0.6) is 0 Å². The average molecular weight is 248 g/mol. The number of fused-ring (bicyclic) bond motifs is 1. The van der Waals surface area contributed by atoms with Crippen LogP contribution in [0, 0.1) is 0 Å². The fourth-order valence-electron chi connectivity index (χ4n) is 2.26. The SMILES string of the molecule is C[C@@H](Nc1nccc2ccccc12)c1ccccc1. The molecule has 2 aromatic carbocycles. The summed E-state index contributed by atoms with van der Waals surface area (Å²) < 4.78 is 0. The zero-order chi connectivity index (χ0) is 13.1. The van der Waals surface area contributed by atoms with Crippen LogP contribution in [0.2, 0.25) is 0 Å². The van der Waals surface area contributed by atoms with Gasteiger partial charge in [-0.05, 0) is 23.9 Å². The molecule has 94 valence electrons. The largest absolute Gasteiger partial charge is 0.363 e. The molecule has 2 nitrogen and oxygen atoms in total. The number of benzene rings is 2. The molecule has 1 N–H and O–H groups in total. The summed E-state index contributed by atoms with van der Waals surface area (Å²) in [4.78, 5) is 4.46. The molecule has 1 heterocycles. The fourth-order valence-corrected chi connectivity index (χ4v) is 2.26. The topological polar surface area (TPSA) is 24.9 Å². The van der Waals surface area contributed by atoms with Crippen LogP contribution < -0.4 is 5.32 Å². The molecule has 0 unspecified atom stereocenters. The van der Waals surface area contributed by atoms with Crippen LogP contribution in [-0.4, -0.2) is 4.98 Å². The van der Waals surface area contributed by atoms with Gasteiger partial charge in [-0.3, -0.25) is 0 Å². The first-order chi connectivity index (χ1) is 9.34. The lowest BCUT2D eigenvalue weighted by molar-refractivity contribution is 0.877. The molecule has 2 heteroatoms. The maximum atomic E-state index is 4.46. The van der Waals surface area contributed by atoms with E-state index < -0.39 is 0 Å². The second kappa shape index (κ2) is 5.11. The van der Waals surface area contributed by atoms with E-state index in [1.807, 2.05) is 30.5 Å². The Hall–Kier alpha value is -2.35. The van der Waals surface area contributed by atoms with Crippen LogP contribution in [0.15, 0.2) is 66.9 Å². The van der Waals surface area contributed by atoms with Crippen LogP contribution in [0.25, 0.3) is 10.8 Å². The van der Waals surface area contributed by atoms with Crippen molar-refractivity contribution >= 4 is 16.6 Å². The highest BCUT2D eigenvalue weighted by Gasteiger charge is 2.07. The Morgan fingerprint density at radius 3 is 2.47 bits per heavy atom. The average Bonchev–Trinajstić information content (AvgIpc) is 2.48. The van der Waals surface area contributed by atoms with Gasteiger partial charge >= 0.3 is 0 Å². The van der Waals surface area contributed by atoms with Gasteiger partial charge in [-0.25, -0.2) is 4.98 Å². The molecular formula is C17H16N2. The zero-order valence-electron chi connectivity index (χ0n) is 10.9. The third-order valence-corrected chi connectivity index (χ3v) is 3.33. The van der Waals surface area contributed by atoms with E-state index in [0.29, 0.717) is 0 Å². The Labute approximate surface area is 113 Å². The van der Waals surface area contributed by atoms with Gasteiger partial charge in [0.1, 0.15) is 5.82 Å². The second-order valence-corrected chi connectivity index (χ2v) is 4.66. The van der Waals surface area contributed by atoms with E-state index in [4.69, 9.17) is 0 Å². The van der Waals surface area contributed by atoms with E-state index in [2.05, 4.69) is 53.6 Å². The molecule has 0 bridgehead atoms. The number of hydrogen-bond donors (Lipinski definition) is 1. The van der Waals surface area contributed by atoms with Crippen molar-refractivity contribution in [1.82, 2.24) is 4.98 Å². The van der Waals surface area contributed by atoms with Crippen molar-refractivity contribution in [2.75, 3.05) is 5.32 Å². The Kier molecular flexibility index (Phi) is 3.15. The monoisotopic (exact) mass is 248 g/mol. The summed E-state index contributed by atoms with van der Waals surface area (Å²) in [5.41, 5.74) is 1.26. The number of aromatic nitrogens is 1. The lowest BCUT2D eigenvalue weighted by Crippen LogP contribution is -2.07. The van der Waals surface area contributed by atoms with Crippen molar-refractivity contribution in [1.29, 1.82) is 0 Å². The maximum Gasteiger partial charge on any atom is 0.134 e. The molecule has 0 radical (unpaired) electrons. The number of nitrogens with one attached hydrogen (secondary N) is 1. The summed E-state index contributed by atoms with van der Waals surface area (Å²) in [7, 11) is 0. The van der Waals surface area contributed by atoms with Gasteiger partial charge in [0.25, 0.3) is 0 Å². The second-order valence-electron chi connectivity index (χ2n) is 4.66. The summed E-state index contributed by atoms with van der Waals surface area (Å²) >= 11 is 0. The lowest BCUT2D eigenvalue weighted by atomic mass is 10.1. The van der Waals surface area contributed by atoms with Crippen LogP contribution in [-0.2, 0) is 0 Å². The first kappa shape index (κ1) is 11.7. The third kappa shape index (κ3) is 2.43. The van der Waals surface area contributed by atoms with Gasteiger partial charge in [0.05, 0.1) is 0 Å². The minimum absolute atomic E-state index is 0.236. The number of anilines is 1. The summed E-state index contributed by atoms with van der Waals surface area (Å²) in [6.07, 6.45) is 1.85. The van der Waals surface area contributed by atoms with Gasteiger partial charge in [-0.2, -0.15) is 0 Å². The molecule has 19 heavy (non-hydrogen) atoms. The van der Waals surface area contributed by atoms with Crippen LogP contribution in [0.3, 0.4) is 0 Å². The number of rotatable bonds is 3. The van der Waals surface area contributed by atoms with Crippen LogP contribution in [0.4, 0.5) is 5.82 Å². The highest BCUT2D eigenvalue weighted by molar-refractivity contribution is 5.91. The Morgan fingerprint density at radius 2 is 1.63 bits per heavy atom. The molecule has 0 aliphatic heterocycles. The van der Waals surface area contributed by atoms with Gasteiger partial charge in [-0.15, -0.1) is 0 Å². The molecule has 0 spiro atoms. The van der Waals surface area contributed by atoms with Gasteiger partial charge in [0.2, 0.25) is 0 Å². The summed E-state index contributed by atoms with van der Waals surface area (Å²) in [5, 5.41) is 5.86. The van der Waals surface area contributed by atoms with E-state index in [-0.39, 0.29) is 6.04 Å². The molecule has 0 saturated heterocycles. The molecule has 1 aromatic heterocycles. The van der Waals surface area contributed by atoms with Crippen molar-refractivity contribution in [3.63, 3.8) is 0 Å². The molecular weight excluding hydrogens is 232 g/mol. The van der Waals surface area contributed by atoms with Crippen molar-refractivity contribution < 1.29 is 0 Å².